The average molecular weight is 322 g/mol. The molecule has 0 unspecified atom stereocenters. The van der Waals surface area contributed by atoms with Crippen LogP contribution in [-0.4, -0.2) is 15.0 Å². The van der Waals surface area contributed by atoms with Crippen molar-refractivity contribution in [2.45, 2.75) is 25.2 Å². The van der Waals surface area contributed by atoms with Gasteiger partial charge in [-0.15, -0.1) is 0 Å². The predicted molar refractivity (Wildman–Crippen MR) is 79.3 cm³/mol. The van der Waals surface area contributed by atoms with E-state index in [2.05, 4.69) is 0 Å². The summed E-state index contributed by atoms with van der Waals surface area (Å²) < 4.78 is 45.1. The van der Waals surface area contributed by atoms with Gasteiger partial charge in [0.2, 0.25) is 0 Å². The zero-order valence-corrected chi connectivity index (χ0v) is 13.0. The van der Waals surface area contributed by atoms with Gasteiger partial charge in [-0.2, -0.15) is 5.26 Å². The molecule has 0 bridgehead atoms. The van der Waals surface area contributed by atoms with Gasteiger partial charge >= 0.3 is 0 Å². The van der Waals surface area contributed by atoms with Crippen LogP contribution in [-0.2, 0) is 10.0 Å². The third-order valence-corrected chi connectivity index (χ3v) is 5.04. The number of nitriles is 1. The Morgan fingerprint density at radius 3 is 2.41 bits per heavy atom. The third kappa shape index (κ3) is 3.12. The maximum atomic E-state index is 13.1. The Hall–Kier alpha value is -2.33. The van der Waals surface area contributed by atoms with Crippen LogP contribution in [0.5, 0.6) is 0 Å². The van der Waals surface area contributed by atoms with Crippen LogP contribution >= 0.6 is 0 Å². The van der Waals surface area contributed by atoms with Crippen molar-refractivity contribution in [3.05, 3.63) is 47.7 Å². The number of hydrogen-bond acceptors (Lipinski definition) is 4. The molecule has 0 atom stereocenters. The van der Waals surface area contributed by atoms with Crippen molar-refractivity contribution in [1.29, 1.82) is 5.26 Å². The summed E-state index contributed by atoms with van der Waals surface area (Å²) >= 11 is 0. The molecule has 5 nitrogen and oxygen atoms in total. The van der Waals surface area contributed by atoms with Crippen LogP contribution < -0.4 is 4.31 Å². The lowest BCUT2D eigenvalue weighted by Gasteiger charge is -2.23. The zero-order chi connectivity index (χ0) is 16.3. The molecule has 22 heavy (non-hydrogen) atoms. The van der Waals surface area contributed by atoms with E-state index >= 15 is 0 Å². The minimum Gasteiger partial charge on any atom is -0.465 e. The smallest absolute Gasteiger partial charge is 0.267 e. The van der Waals surface area contributed by atoms with Gasteiger partial charge in [0, 0.05) is 12.6 Å². The molecule has 7 heteroatoms. The van der Waals surface area contributed by atoms with Gasteiger partial charge in [0.25, 0.3) is 10.0 Å². The van der Waals surface area contributed by atoms with Crippen LogP contribution in [0, 0.1) is 31.0 Å². The average Bonchev–Trinajstić information content (AvgIpc) is 2.80. The highest BCUT2D eigenvalue weighted by Crippen LogP contribution is 2.28. The Balaban J connectivity index is 2.51. The minimum absolute atomic E-state index is 0.0197. The van der Waals surface area contributed by atoms with Gasteiger partial charge in [0.15, 0.2) is 0 Å². The molecule has 0 aliphatic heterocycles. The Morgan fingerprint density at radius 2 is 1.91 bits per heavy atom. The molecule has 2 rings (SSSR count). The molecular weight excluding hydrogens is 307 g/mol. The predicted octanol–water partition coefficient (Wildman–Crippen LogP) is 3.14. The highest BCUT2D eigenvalue weighted by atomic mass is 32.2. The minimum atomic E-state index is -3.88. The second-order valence-corrected chi connectivity index (χ2v) is 6.57. The molecule has 116 valence electrons. The van der Waals surface area contributed by atoms with Gasteiger partial charge in [-0.05, 0) is 38.1 Å². The molecule has 1 aromatic heterocycles. The summed E-state index contributed by atoms with van der Waals surface area (Å²) in [4.78, 5) is 0.0484. The third-order valence-electron chi connectivity index (χ3n) is 3.10. The first kappa shape index (κ1) is 16.0. The molecule has 0 amide bonds. The normalized spacial score (nSPS) is 11.2. The van der Waals surface area contributed by atoms with E-state index in [0.717, 1.165) is 4.31 Å². The van der Waals surface area contributed by atoms with E-state index in [4.69, 9.17) is 9.68 Å². The van der Waals surface area contributed by atoms with E-state index in [1.165, 1.54) is 30.3 Å². The lowest BCUT2D eigenvalue weighted by Crippen LogP contribution is -2.32. The fourth-order valence-electron chi connectivity index (χ4n) is 2.13. The first-order valence-electron chi connectivity index (χ1n) is 6.58. The molecule has 0 aliphatic carbocycles. The van der Waals surface area contributed by atoms with E-state index in [1.54, 1.807) is 13.8 Å². The second-order valence-electron chi connectivity index (χ2n) is 4.74. The number of nitrogens with zero attached hydrogens (tertiary/aromatic N) is 2. The van der Waals surface area contributed by atoms with Crippen LogP contribution in [0.15, 0.2) is 39.6 Å². The summed E-state index contributed by atoms with van der Waals surface area (Å²) in [5.74, 6) is 0.300. The van der Waals surface area contributed by atoms with Gasteiger partial charge in [-0.25, -0.2) is 12.8 Å². The molecule has 1 heterocycles. The molecule has 0 fully saturated rings. The Kier molecular flexibility index (Phi) is 4.52. The van der Waals surface area contributed by atoms with E-state index in [0.29, 0.717) is 11.4 Å². The number of halogens is 1. The van der Waals surface area contributed by atoms with Gasteiger partial charge in [-0.3, -0.25) is 4.31 Å². The monoisotopic (exact) mass is 322 g/mol. The highest BCUT2D eigenvalue weighted by molar-refractivity contribution is 7.92. The number of sulfonamides is 1. The first-order valence-corrected chi connectivity index (χ1v) is 8.02. The first-order chi connectivity index (χ1) is 10.4. The van der Waals surface area contributed by atoms with E-state index < -0.39 is 15.8 Å². The van der Waals surface area contributed by atoms with Crippen molar-refractivity contribution in [3.8, 4) is 6.07 Å². The van der Waals surface area contributed by atoms with Crippen LogP contribution in [0.3, 0.4) is 0 Å². The number of rotatable bonds is 5. The fourth-order valence-corrected chi connectivity index (χ4v) is 3.82. The Bertz CT molecular complexity index is 804. The van der Waals surface area contributed by atoms with Crippen molar-refractivity contribution in [2.75, 3.05) is 10.8 Å². The SMILES string of the molecule is Cc1cc(S(=O)(=O)N(CCC#N)c2ccc(F)cc2)c(C)o1. The van der Waals surface area contributed by atoms with Crippen molar-refractivity contribution in [2.24, 2.45) is 0 Å². The van der Waals surface area contributed by atoms with Crippen molar-refractivity contribution < 1.29 is 17.2 Å². The number of hydrogen-bond donors (Lipinski definition) is 0. The highest BCUT2D eigenvalue weighted by Gasteiger charge is 2.28. The van der Waals surface area contributed by atoms with E-state index in [-0.39, 0.29) is 23.6 Å². The zero-order valence-electron chi connectivity index (χ0n) is 12.2. The number of aryl methyl sites for hydroxylation is 2. The molecule has 0 spiro atoms. The standard InChI is InChI=1S/C15H15FN2O3S/c1-11-10-15(12(2)21-11)22(19,20)18(9-3-8-17)14-6-4-13(16)5-7-14/h4-7,10H,3,9H2,1-2H3. The van der Waals surface area contributed by atoms with Crippen molar-refractivity contribution in [1.82, 2.24) is 0 Å². The van der Waals surface area contributed by atoms with E-state index in [1.807, 2.05) is 6.07 Å². The molecule has 0 saturated heterocycles. The number of furan rings is 1. The summed E-state index contributed by atoms with van der Waals surface area (Å²) in [5.41, 5.74) is 0.301. The molecule has 0 radical (unpaired) electrons. The molecule has 0 saturated carbocycles. The lowest BCUT2D eigenvalue weighted by atomic mass is 10.3. The van der Waals surface area contributed by atoms with Crippen LogP contribution in [0.1, 0.15) is 17.9 Å². The maximum absolute atomic E-state index is 13.1. The number of anilines is 1. The molecule has 0 N–H and O–H groups in total. The fraction of sp³-hybridized carbons (Fsp3) is 0.267. The Labute approximate surface area is 128 Å². The van der Waals surface area contributed by atoms with Crippen molar-refractivity contribution in [3.63, 3.8) is 0 Å². The summed E-state index contributed by atoms with van der Waals surface area (Å²) in [6.07, 6.45) is 0.0203. The largest absolute Gasteiger partial charge is 0.465 e. The summed E-state index contributed by atoms with van der Waals surface area (Å²) in [6, 6.07) is 8.45. The van der Waals surface area contributed by atoms with Crippen LogP contribution in [0.25, 0.3) is 0 Å². The Morgan fingerprint density at radius 1 is 1.27 bits per heavy atom. The topological polar surface area (TPSA) is 74.3 Å². The van der Waals surface area contributed by atoms with Crippen LogP contribution in [0.2, 0.25) is 0 Å². The summed E-state index contributed by atoms with van der Waals surface area (Å²) in [6.45, 7) is 3.20. The quantitative estimate of drug-likeness (QED) is 0.847. The summed E-state index contributed by atoms with van der Waals surface area (Å²) in [7, 11) is -3.88. The molecular formula is C15H15FN2O3S. The maximum Gasteiger partial charge on any atom is 0.267 e. The van der Waals surface area contributed by atoms with Gasteiger partial charge in [-0.1, -0.05) is 0 Å². The summed E-state index contributed by atoms with van der Waals surface area (Å²) in [5, 5.41) is 8.75. The van der Waals surface area contributed by atoms with Crippen molar-refractivity contribution >= 4 is 15.7 Å². The van der Waals surface area contributed by atoms with E-state index in [9.17, 15) is 12.8 Å². The second kappa shape index (κ2) is 6.20. The van der Waals surface area contributed by atoms with Gasteiger partial charge in [0.05, 0.1) is 18.2 Å². The van der Waals surface area contributed by atoms with Gasteiger partial charge < -0.3 is 4.42 Å². The number of benzene rings is 1. The van der Waals surface area contributed by atoms with Gasteiger partial charge in [0.1, 0.15) is 22.2 Å². The molecule has 1 aromatic carbocycles. The molecule has 0 aliphatic rings. The molecule has 2 aromatic rings. The van der Waals surface area contributed by atoms with Crippen LogP contribution in [0.4, 0.5) is 10.1 Å². The lowest BCUT2D eigenvalue weighted by molar-refractivity contribution is 0.496.